The van der Waals surface area contributed by atoms with Crippen molar-refractivity contribution in [2.75, 3.05) is 4.90 Å². The highest BCUT2D eigenvalue weighted by Gasteiger charge is 2.61. The van der Waals surface area contributed by atoms with E-state index in [2.05, 4.69) is 191 Å². The fourth-order valence-electron chi connectivity index (χ4n) is 15.8. The Kier molecular flexibility index (Phi) is 7.94. The number of anilines is 3. The average Bonchev–Trinajstić information content (AvgIpc) is 3.95. The van der Waals surface area contributed by atoms with Crippen LogP contribution in [0.2, 0.25) is 0 Å². The summed E-state index contributed by atoms with van der Waals surface area (Å²) in [6, 6.07) is 70.4. The smallest absolute Gasteiger partial charge is 0.0547 e. The van der Waals surface area contributed by atoms with Crippen molar-refractivity contribution in [3.05, 3.63) is 204 Å². The van der Waals surface area contributed by atoms with E-state index in [-0.39, 0.29) is 10.8 Å². The van der Waals surface area contributed by atoms with E-state index in [0.29, 0.717) is 11.8 Å². The van der Waals surface area contributed by atoms with Crippen LogP contribution in [-0.2, 0) is 10.8 Å². The second-order valence-corrected chi connectivity index (χ2v) is 21.2. The lowest BCUT2D eigenvalue weighted by atomic mass is 9.43. The highest BCUT2D eigenvalue weighted by atomic mass is 15.1. The zero-order chi connectivity index (χ0) is 43.1. The van der Waals surface area contributed by atoms with Crippen molar-refractivity contribution < 1.29 is 0 Å². The van der Waals surface area contributed by atoms with Crippen LogP contribution in [0, 0.1) is 23.7 Å². The Morgan fingerprint density at radius 2 is 0.985 bits per heavy atom. The van der Waals surface area contributed by atoms with Crippen molar-refractivity contribution in [3.63, 3.8) is 0 Å². The highest BCUT2D eigenvalue weighted by Crippen LogP contribution is 2.70. The van der Waals surface area contributed by atoms with Crippen LogP contribution in [0.3, 0.4) is 0 Å². The molecule has 2 spiro atoms. The summed E-state index contributed by atoms with van der Waals surface area (Å²) in [6.45, 7) is 0. The van der Waals surface area contributed by atoms with Crippen LogP contribution in [0.5, 0.6) is 0 Å². The molecule has 0 unspecified atom stereocenters. The van der Waals surface area contributed by atoms with Crippen molar-refractivity contribution in [3.8, 4) is 39.1 Å². The minimum atomic E-state index is 0.0738. The Bertz CT molecular complexity index is 3410. The van der Waals surface area contributed by atoms with Gasteiger partial charge < -0.3 is 9.47 Å². The number of nitrogens with zero attached hydrogens (tertiary/aromatic N) is 2. The van der Waals surface area contributed by atoms with Gasteiger partial charge >= 0.3 is 0 Å². The van der Waals surface area contributed by atoms with E-state index in [0.717, 1.165) is 11.8 Å². The van der Waals surface area contributed by atoms with Crippen molar-refractivity contribution in [2.24, 2.45) is 23.7 Å². The molecule has 0 atom stereocenters. The van der Waals surface area contributed by atoms with E-state index >= 15 is 0 Å². The summed E-state index contributed by atoms with van der Waals surface area (Å²) in [7, 11) is 0. The number of rotatable bonds is 5. The van der Waals surface area contributed by atoms with E-state index in [9.17, 15) is 0 Å². The Labute approximate surface area is 388 Å². The van der Waals surface area contributed by atoms with Gasteiger partial charge in [0.05, 0.1) is 11.0 Å². The van der Waals surface area contributed by atoms with E-state index < -0.39 is 0 Å². The molecular weight excluding hydrogens is 797 g/mol. The number of benzene rings is 8. The van der Waals surface area contributed by atoms with Gasteiger partial charge in [-0.2, -0.15) is 0 Å². The molecule has 320 valence electrons. The van der Waals surface area contributed by atoms with Crippen LogP contribution >= 0.6 is 0 Å². The molecule has 5 saturated carbocycles. The van der Waals surface area contributed by atoms with Crippen LogP contribution < -0.4 is 4.90 Å². The Hall–Kier alpha value is -6.64. The first-order chi connectivity index (χ1) is 32.7. The number of para-hydroxylation sites is 2. The molecule has 9 aromatic rings. The van der Waals surface area contributed by atoms with Crippen LogP contribution in [-0.4, -0.2) is 4.57 Å². The second-order valence-electron chi connectivity index (χ2n) is 21.2. The summed E-state index contributed by atoms with van der Waals surface area (Å²) >= 11 is 0. The van der Waals surface area contributed by atoms with Crippen LogP contribution in [0.15, 0.2) is 182 Å². The van der Waals surface area contributed by atoms with Crippen LogP contribution in [0.25, 0.3) is 60.9 Å². The topological polar surface area (TPSA) is 8.17 Å². The highest BCUT2D eigenvalue weighted by molar-refractivity contribution is 6.10. The predicted molar refractivity (Wildman–Crippen MR) is 273 cm³/mol. The molecule has 4 bridgehead atoms. The van der Waals surface area contributed by atoms with Crippen LogP contribution in [0.4, 0.5) is 17.1 Å². The molecule has 0 N–H and O–H groups in total. The maximum Gasteiger partial charge on any atom is 0.0547 e. The number of hydrogen-bond donors (Lipinski definition) is 0. The summed E-state index contributed by atoms with van der Waals surface area (Å²) in [6.07, 6.45) is 13.4. The molecule has 5 fully saturated rings. The summed E-state index contributed by atoms with van der Waals surface area (Å²) < 4.78 is 2.44. The molecule has 0 aliphatic heterocycles. The van der Waals surface area contributed by atoms with Gasteiger partial charge in [-0.05, 0) is 185 Å². The largest absolute Gasteiger partial charge is 0.310 e. The van der Waals surface area contributed by atoms with Crippen molar-refractivity contribution in [1.29, 1.82) is 0 Å². The number of hydrogen-bond acceptors (Lipinski definition) is 1. The Morgan fingerprint density at radius 3 is 1.76 bits per heavy atom. The van der Waals surface area contributed by atoms with Crippen molar-refractivity contribution in [2.45, 2.75) is 75.0 Å². The molecule has 66 heavy (non-hydrogen) atoms. The standard InChI is InChI=1S/C64H54N2/c1-3-15-47(16-4-1)66-61-23-10-7-20-55(61)56-27-24-44(38-62(56)66)43-14-13-17-48(37-43)65(49-25-28-53-51-18-5-8-21-57(51)63(59(53)39-49)30-11-2-12-31-63)50-26-29-54-52-19-6-9-22-58(52)64(60(54)40-50)45-33-41-32-42(35-45)36-46(64)34-41/h1,3-10,13-29,37-42,45-46H,2,11-12,30-36H2. The Balaban J connectivity index is 0.933. The van der Waals surface area contributed by atoms with Crippen LogP contribution in [0.1, 0.15) is 86.5 Å². The molecule has 7 aliphatic rings. The molecule has 1 aromatic heterocycles. The van der Waals surface area contributed by atoms with Gasteiger partial charge in [-0.1, -0.05) is 141 Å². The lowest BCUT2D eigenvalue weighted by Crippen LogP contribution is -2.55. The summed E-state index contributed by atoms with van der Waals surface area (Å²) in [4.78, 5) is 2.63. The van der Waals surface area contributed by atoms with E-state index in [1.807, 2.05) is 0 Å². The Morgan fingerprint density at radius 1 is 0.394 bits per heavy atom. The number of fused-ring (bicyclic) bond motifs is 11. The lowest BCUT2D eigenvalue weighted by molar-refractivity contribution is -0.0399. The third-order valence-corrected chi connectivity index (χ3v) is 18.1. The molecule has 16 rings (SSSR count). The normalized spacial score (nSPS) is 23.6. The van der Waals surface area contributed by atoms with Gasteiger partial charge in [0.15, 0.2) is 0 Å². The molecule has 2 heteroatoms. The maximum atomic E-state index is 2.69. The second kappa shape index (κ2) is 13.9. The SMILES string of the molecule is c1ccc(-n2c3ccccc3c3ccc(-c4cccc(N(c5ccc6c(c5)C5(CCCCC5)c5ccccc5-6)c5ccc6c(c5)C5(c7ccccc7-6)C6CC7CC(C6)CC5C7)c4)cc32)cc1. The first kappa shape index (κ1) is 37.6. The molecule has 8 aromatic carbocycles. The average molecular weight is 851 g/mol. The monoisotopic (exact) mass is 850 g/mol. The van der Waals surface area contributed by atoms with Gasteiger partial charge in [0.1, 0.15) is 0 Å². The summed E-state index contributed by atoms with van der Waals surface area (Å²) in [5.41, 5.74) is 22.2. The van der Waals surface area contributed by atoms with Gasteiger partial charge in [-0.15, -0.1) is 0 Å². The maximum absolute atomic E-state index is 2.69. The number of aromatic nitrogens is 1. The first-order valence-corrected chi connectivity index (χ1v) is 25.1. The van der Waals surface area contributed by atoms with E-state index in [1.54, 1.807) is 16.7 Å². The molecule has 0 amide bonds. The molecule has 0 radical (unpaired) electrons. The van der Waals surface area contributed by atoms with E-state index in [4.69, 9.17) is 0 Å². The van der Waals surface area contributed by atoms with Gasteiger partial charge in [0.25, 0.3) is 0 Å². The van der Waals surface area contributed by atoms with Crippen molar-refractivity contribution >= 4 is 38.9 Å². The van der Waals surface area contributed by atoms with Gasteiger partial charge in [0, 0.05) is 44.4 Å². The molecule has 1 heterocycles. The quantitative estimate of drug-likeness (QED) is 0.167. The molecule has 0 saturated heterocycles. The fourth-order valence-corrected chi connectivity index (χ4v) is 15.8. The molecular formula is C64H54N2. The lowest BCUT2D eigenvalue weighted by Gasteiger charge is -2.61. The fraction of sp³-hybridized carbons (Fsp3) is 0.250. The minimum Gasteiger partial charge on any atom is -0.310 e. The summed E-state index contributed by atoms with van der Waals surface area (Å²) in [5, 5.41) is 2.57. The zero-order valence-electron chi connectivity index (χ0n) is 37.6. The zero-order valence-corrected chi connectivity index (χ0v) is 37.6. The van der Waals surface area contributed by atoms with Crippen molar-refractivity contribution in [1.82, 2.24) is 4.57 Å². The van der Waals surface area contributed by atoms with Gasteiger partial charge in [-0.25, -0.2) is 0 Å². The molecule has 7 aliphatic carbocycles. The first-order valence-electron chi connectivity index (χ1n) is 25.1. The predicted octanol–water partition coefficient (Wildman–Crippen LogP) is 16.9. The van der Waals surface area contributed by atoms with E-state index in [1.165, 1.54) is 148 Å². The minimum absolute atomic E-state index is 0.0738. The van der Waals surface area contributed by atoms with Gasteiger partial charge in [0.2, 0.25) is 0 Å². The molecule has 2 nitrogen and oxygen atoms in total. The third kappa shape index (κ3) is 5.08. The third-order valence-electron chi connectivity index (χ3n) is 18.1. The van der Waals surface area contributed by atoms with Gasteiger partial charge in [-0.3, -0.25) is 0 Å². The summed E-state index contributed by atoms with van der Waals surface area (Å²) in [5.74, 6) is 3.25.